The van der Waals surface area contributed by atoms with Gasteiger partial charge in [0.05, 0.1) is 36.8 Å². The van der Waals surface area contributed by atoms with Gasteiger partial charge in [0.25, 0.3) is 0 Å². The van der Waals surface area contributed by atoms with E-state index in [1.54, 1.807) is 0 Å². The third kappa shape index (κ3) is 23.7. The van der Waals surface area contributed by atoms with Crippen LogP contribution < -0.4 is 4.57 Å². The Kier molecular flexibility index (Phi) is 35.5. The normalized spacial score (nSPS) is 20.9. The first-order chi connectivity index (χ1) is 23.7. The largest absolute Gasteiger partial charge is 0.409 e. The molecule has 50 heavy (non-hydrogen) atoms. The topological polar surface area (TPSA) is 16.2 Å². The second-order valence-electron chi connectivity index (χ2n) is 15.5. The molecule has 0 N–H and O–H groups in total. The van der Waals surface area contributed by atoms with Gasteiger partial charge >= 0.3 is 0 Å². The zero-order valence-corrected chi connectivity index (χ0v) is 54.3. The lowest BCUT2D eigenvalue weighted by molar-refractivity contribution is 0.209. The zero-order valence-electron chi connectivity index (χ0n) is 37.3. The van der Waals surface area contributed by atoms with E-state index in [1.165, 1.54) is 119 Å². The van der Waals surface area contributed by atoms with Crippen molar-refractivity contribution in [3.05, 3.63) is 30.3 Å². The van der Waals surface area contributed by atoms with Gasteiger partial charge in [0.15, 0.2) is 0 Å². The average molecular weight is 865 g/mol. The van der Waals surface area contributed by atoms with Gasteiger partial charge < -0.3 is 22.8 Å². The standard InChI is InChI=1S/C8H23NSi2.2C7H19NSi2.C7H13NSi2.C6H19NSi2/c1-5-7(3)9(11-10)8(4)6-2;1-6-4-3-5-7(2)8(6)10-9;2*1-8(10-9)7-5-3-2-4-6-7;1-5(2)7(9-8)6(3)4/h7-8H,5-6,11H2,1-4,10H3;6-7H,3-5,10H2,1-2,9H3;7H,2-6,10H2,1,9H3;2-6H,10H2,1,9H3;5-6H,9H2,1-4,8H3. The quantitative estimate of drug-likeness (QED) is 0.223. The molecule has 5 nitrogen and oxygen atoms in total. The minimum absolute atomic E-state index is 0.112. The molecule has 4 unspecified atom stereocenters. The molecule has 1 aromatic rings. The molecule has 0 amide bonds. The van der Waals surface area contributed by atoms with Crippen LogP contribution in [0.5, 0.6) is 0 Å². The smallest absolute Gasteiger partial charge is 0.103 e. The van der Waals surface area contributed by atoms with E-state index in [9.17, 15) is 0 Å². The molecule has 0 spiro atoms. The Morgan fingerprint density at radius 2 is 1.10 bits per heavy atom. The minimum Gasteiger partial charge on any atom is -0.409 e. The molecule has 0 radical (unpaired) electrons. The SMILES string of the molecule is CC(C)N([SiH2][SiH3])C(C)C.CC1CCCC(C)N1[SiH2][SiH3].CCC(C)N([SiH2][SiH3])C(C)CC.CN([SiH2][SiH3])C1CCCCC1.CN([SiH2][SiH3])c1ccccc1. The zero-order chi connectivity index (χ0) is 38.6. The van der Waals surface area contributed by atoms with E-state index < -0.39 is 0 Å². The lowest BCUT2D eigenvalue weighted by Crippen LogP contribution is -2.46. The summed E-state index contributed by atoms with van der Waals surface area (Å²) in [5.74, 6) is 0. The lowest BCUT2D eigenvalue weighted by Gasteiger charge is -2.38. The summed E-state index contributed by atoms with van der Waals surface area (Å²) in [6.07, 6.45) is 14.5. The van der Waals surface area contributed by atoms with E-state index in [1.807, 2.05) is 0 Å². The number of nitrogens with zero attached hydrogens (tertiary/aromatic N) is 5. The molecular weight excluding hydrogens is 771 g/mol. The van der Waals surface area contributed by atoms with Crippen LogP contribution in [0.1, 0.15) is 133 Å². The van der Waals surface area contributed by atoms with Crippen LogP contribution in [0.4, 0.5) is 5.69 Å². The van der Waals surface area contributed by atoms with Crippen molar-refractivity contribution >= 4 is 100 Å². The molecule has 1 aliphatic carbocycles. The van der Waals surface area contributed by atoms with E-state index >= 15 is 0 Å². The summed E-state index contributed by atoms with van der Waals surface area (Å²) < 4.78 is 13.3. The molecular formula is C35H93N5Si10. The van der Waals surface area contributed by atoms with Gasteiger partial charge in [-0.05, 0) is 101 Å². The highest BCUT2D eigenvalue weighted by atomic mass is 29.1. The van der Waals surface area contributed by atoms with Gasteiger partial charge in [-0.1, -0.05) is 113 Å². The summed E-state index contributed by atoms with van der Waals surface area (Å²) in [7, 11) is 12.7. The maximum absolute atomic E-state index is 2.80. The van der Waals surface area contributed by atoms with Gasteiger partial charge in [-0.15, -0.1) is 0 Å². The molecule has 4 atom stereocenters. The number of piperidine rings is 1. The number of hydrogen-bond donors (Lipinski definition) is 0. The minimum atomic E-state index is 0.112. The van der Waals surface area contributed by atoms with Crippen LogP contribution in [0.3, 0.4) is 0 Å². The molecule has 3 rings (SSSR count). The predicted molar refractivity (Wildman–Crippen MR) is 270 cm³/mol. The monoisotopic (exact) mass is 864 g/mol. The molecule has 1 saturated heterocycles. The number of anilines is 1. The molecule has 1 aromatic carbocycles. The van der Waals surface area contributed by atoms with Crippen LogP contribution in [0.25, 0.3) is 0 Å². The number of hydrogen-bond acceptors (Lipinski definition) is 5. The molecule has 0 aromatic heterocycles. The Labute approximate surface area is 341 Å². The summed E-state index contributed by atoms with van der Waals surface area (Å²) in [6, 6.07) is 16.7. The van der Waals surface area contributed by atoms with Gasteiger partial charge in [0.2, 0.25) is 0 Å². The molecule has 1 aliphatic heterocycles. The molecule has 2 fully saturated rings. The van der Waals surface area contributed by atoms with Crippen molar-refractivity contribution in [3.63, 3.8) is 0 Å². The van der Waals surface area contributed by atoms with Crippen molar-refractivity contribution in [2.24, 2.45) is 0 Å². The van der Waals surface area contributed by atoms with Crippen molar-refractivity contribution in [2.45, 2.75) is 176 Å². The lowest BCUT2D eigenvalue weighted by atomic mass is 9.96. The van der Waals surface area contributed by atoms with Crippen LogP contribution in [0.15, 0.2) is 30.3 Å². The fraction of sp³-hybridized carbons (Fsp3) is 0.829. The average Bonchev–Trinajstić information content (AvgIpc) is 3.12. The predicted octanol–water partition coefficient (Wildman–Crippen LogP) is -1.57. The molecule has 0 bridgehead atoms. The number of para-hydroxylation sites is 1. The van der Waals surface area contributed by atoms with Crippen LogP contribution in [0.2, 0.25) is 0 Å². The Morgan fingerprint density at radius 3 is 1.40 bits per heavy atom. The van der Waals surface area contributed by atoms with Gasteiger partial charge in [0.1, 0.15) is 9.20 Å². The van der Waals surface area contributed by atoms with Crippen LogP contribution in [-0.2, 0) is 0 Å². The van der Waals surface area contributed by atoms with E-state index in [2.05, 4.69) is 136 Å². The Hall–Kier alpha value is 1.03. The van der Waals surface area contributed by atoms with E-state index in [4.69, 9.17) is 0 Å². The van der Waals surface area contributed by atoms with Crippen molar-refractivity contribution in [3.8, 4) is 0 Å². The van der Waals surface area contributed by atoms with Crippen molar-refractivity contribution in [2.75, 3.05) is 18.7 Å². The van der Waals surface area contributed by atoms with E-state index in [0.29, 0.717) is 0 Å². The summed E-state index contributed by atoms with van der Waals surface area (Å²) in [5.41, 5.74) is 1.38. The number of rotatable bonds is 13. The first-order valence-corrected chi connectivity index (χ1v) is 52.9. The highest BCUT2D eigenvalue weighted by Crippen LogP contribution is 2.21. The van der Waals surface area contributed by atoms with Gasteiger partial charge in [0, 0.05) is 60.5 Å². The third-order valence-corrected chi connectivity index (χ3v) is 32.9. The molecule has 15 heteroatoms. The van der Waals surface area contributed by atoms with Gasteiger partial charge in [-0.25, -0.2) is 0 Å². The summed E-state index contributed by atoms with van der Waals surface area (Å²) >= 11 is 0. The molecule has 1 saturated carbocycles. The van der Waals surface area contributed by atoms with Crippen molar-refractivity contribution in [1.29, 1.82) is 0 Å². The fourth-order valence-corrected chi connectivity index (χ4v) is 28.4. The van der Waals surface area contributed by atoms with Crippen molar-refractivity contribution < 1.29 is 0 Å². The maximum atomic E-state index is 2.80. The highest BCUT2D eigenvalue weighted by molar-refractivity contribution is 6.91. The first kappa shape index (κ1) is 53.1. The van der Waals surface area contributed by atoms with Crippen LogP contribution >= 0.6 is 0 Å². The second kappa shape index (κ2) is 33.4. The third-order valence-electron chi connectivity index (χ3n) is 11.5. The Morgan fingerprint density at radius 1 is 0.640 bits per heavy atom. The molecule has 1 heterocycles. The fourth-order valence-electron chi connectivity index (χ4n) is 7.60. The summed E-state index contributed by atoms with van der Waals surface area (Å²) in [4.78, 5) is 0. The van der Waals surface area contributed by atoms with Crippen LogP contribution in [-0.4, -0.2) is 169 Å². The highest BCUT2D eigenvalue weighted by Gasteiger charge is 2.22. The van der Waals surface area contributed by atoms with Crippen LogP contribution in [0, 0.1) is 0 Å². The number of benzene rings is 1. The van der Waals surface area contributed by atoms with Crippen molar-refractivity contribution in [1.82, 2.24) is 18.3 Å². The molecule has 2 aliphatic rings. The first-order valence-electron chi connectivity index (χ1n) is 21.4. The van der Waals surface area contributed by atoms with E-state index in [-0.39, 0.29) is 46.0 Å². The van der Waals surface area contributed by atoms with Gasteiger partial charge in [-0.2, -0.15) is 0 Å². The van der Waals surface area contributed by atoms with Gasteiger partial charge in [-0.3, -0.25) is 0 Å². The molecule has 298 valence electrons. The Bertz CT molecular complexity index is 846. The summed E-state index contributed by atoms with van der Waals surface area (Å²) in [5, 5.41) is 0. The maximum Gasteiger partial charge on any atom is 0.103 e. The Balaban J connectivity index is 0. The van der Waals surface area contributed by atoms with E-state index in [0.717, 1.165) is 42.3 Å². The summed E-state index contributed by atoms with van der Waals surface area (Å²) in [6.45, 7) is 23.3. The second-order valence-corrected chi connectivity index (χ2v) is 32.3.